The van der Waals surface area contributed by atoms with E-state index in [9.17, 15) is 0 Å². The Morgan fingerprint density at radius 2 is 0.760 bits per heavy atom. The standard InChI is InChI=1S/C17H33ClO7/c1-2-4-19-6-8-21-10-12-23-14-16-25-17-15-24-13-11-22-9-7-20-5-3-18/h2H,1,3-17H2. The molecule has 0 N–H and O–H groups in total. The molecule has 0 spiro atoms. The maximum absolute atomic E-state index is 5.47. The van der Waals surface area contributed by atoms with Gasteiger partial charge in [-0.15, -0.1) is 18.2 Å². The van der Waals surface area contributed by atoms with E-state index in [-0.39, 0.29) is 0 Å². The van der Waals surface area contributed by atoms with Crippen LogP contribution in [0.25, 0.3) is 0 Å². The summed E-state index contributed by atoms with van der Waals surface area (Å²) in [4.78, 5) is 0. The number of alkyl halides is 1. The van der Waals surface area contributed by atoms with Crippen LogP contribution in [0.1, 0.15) is 0 Å². The van der Waals surface area contributed by atoms with E-state index in [0.29, 0.717) is 98.4 Å². The van der Waals surface area contributed by atoms with Crippen molar-refractivity contribution in [1.29, 1.82) is 0 Å². The second-order valence-corrected chi connectivity index (χ2v) is 5.10. The van der Waals surface area contributed by atoms with Crippen molar-refractivity contribution in [3.8, 4) is 0 Å². The minimum absolute atomic E-state index is 0.508. The molecule has 0 rings (SSSR count). The van der Waals surface area contributed by atoms with E-state index >= 15 is 0 Å². The lowest BCUT2D eigenvalue weighted by atomic mass is 10.6. The van der Waals surface area contributed by atoms with Gasteiger partial charge in [0.1, 0.15) is 0 Å². The molecule has 0 radical (unpaired) electrons. The fraction of sp³-hybridized carbons (Fsp3) is 0.882. The first kappa shape index (κ1) is 24.8. The van der Waals surface area contributed by atoms with Gasteiger partial charge in [0.05, 0.1) is 92.5 Å². The van der Waals surface area contributed by atoms with Gasteiger partial charge in [-0.3, -0.25) is 0 Å². The summed E-state index contributed by atoms with van der Waals surface area (Å²) in [6, 6.07) is 0. The van der Waals surface area contributed by atoms with Crippen LogP contribution in [-0.4, -0.2) is 98.4 Å². The van der Waals surface area contributed by atoms with Gasteiger partial charge < -0.3 is 33.2 Å². The summed E-state index contributed by atoms with van der Waals surface area (Å²) in [6.07, 6.45) is 1.71. The van der Waals surface area contributed by atoms with Gasteiger partial charge in [-0.1, -0.05) is 6.08 Å². The van der Waals surface area contributed by atoms with Crippen LogP contribution < -0.4 is 0 Å². The van der Waals surface area contributed by atoms with Crippen molar-refractivity contribution in [2.45, 2.75) is 0 Å². The van der Waals surface area contributed by atoms with Crippen LogP contribution in [0.2, 0.25) is 0 Å². The average Bonchev–Trinajstić information content (AvgIpc) is 2.63. The fourth-order valence-electron chi connectivity index (χ4n) is 1.54. The average molecular weight is 385 g/mol. The number of rotatable bonds is 22. The number of hydrogen-bond acceptors (Lipinski definition) is 7. The monoisotopic (exact) mass is 384 g/mol. The Kier molecular flexibility index (Phi) is 23.5. The summed E-state index contributed by atoms with van der Waals surface area (Å²) in [7, 11) is 0. The van der Waals surface area contributed by atoms with Gasteiger partial charge in [-0.2, -0.15) is 0 Å². The van der Waals surface area contributed by atoms with Gasteiger partial charge in [0, 0.05) is 5.88 Å². The Hall–Kier alpha value is -0.250. The van der Waals surface area contributed by atoms with Gasteiger partial charge in [0.25, 0.3) is 0 Å². The zero-order chi connectivity index (χ0) is 18.3. The highest BCUT2D eigenvalue weighted by Gasteiger charge is 1.94. The van der Waals surface area contributed by atoms with E-state index in [1.807, 2.05) is 0 Å². The number of halogens is 1. The summed E-state index contributed by atoms with van der Waals surface area (Å²) < 4.78 is 37.1. The molecule has 7 nitrogen and oxygen atoms in total. The summed E-state index contributed by atoms with van der Waals surface area (Å²) in [5.74, 6) is 0.508. The summed E-state index contributed by atoms with van der Waals surface area (Å²) in [5, 5.41) is 0. The zero-order valence-corrected chi connectivity index (χ0v) is 15.9. The van der Waals surface area contributed by atoms with Gasteiger partial charge >= 0.3 is 0 Å². The topological polar surface area (TPSA) is 64.6 Å². The molecule has 0 bridgehead atoms. The minimum atomic E-state index is 0.508. The summed E-state index contributed by atoms with van der Waals surface area (Å²) in [5.41, 5.74) is 0. The largest absolute Gasteiger partial charge is 0.378 e. The summed E-state index contributed by atoms with van der Waals surface area (Å²) in [6.45, 7) is 11.3. The maximum Gasteiger partial charge on any atom is 0.0704 e. The van der Waals surface area contributed by atoms with Crippen molar-refractivity contribution in [2.24, 2.45) is 0 Å². The second kappa shape index (κ2) is 23.8. The predicted octanol–water partition coefficient (Wildman–Crippen LogP) is 1.53. The molecule has 0 aliphatic heterocycles. The van der Waals surface area contributed by atoms with Crippen LogP contribution >= 0.6 is 11.6 Å². The van der Waals surface area contributed by atoms with Crippen molar-refractivity contribution in [3.05, 3.63) is 12.7 Å². The first-order chi connectivity index (χ1) is 12.4. The van der Waals surface area contributed by atoms with Gasteiger partial charge in [0.2, 0.25) is 0 Å². The molecule has 0 unspecified atom stereocenters. The molecule has 0 aromatic rings. The molecule has 0 aliphatic carbocycles. The first-order valence-electron chi connectivity index (χ1n) is 8.63. The normalized spacial score (nSPS) is 11.1. The third kappa shape index (κ3) is 23.8. The molecule has 0 fully saturated rings. The molecule has 0 saturated carbocycles. The molecule has 0 heterocycles. The van der Waals surface area contributed by atoms with Crippen molar-refractivity contribution < 1.29 is 33.2 Å². The Balaban J connectivity index is 2.95. The van der Waals surface area contributed by atoms with Crippen LogP contribution in [0.5, 0.6) is 0 Å². The van der Waals surface area contributed by atoms with Gasteiger partial charge in [-0.05, 0) is 0 Å². The summed E-state index contributed by atoms with van der Waals surface area (Å²) >= 11 is 5.47. The van der Waals surface area contributed by atoms with Crippen molar-refractivity contribution in [2.75, 3.05) is 98.4 Å². The number of hydrogen-bond donors (Lipinski definition) is 0. The quantitative estimate of drug-likeness (QED) is 0.159. The molecule has 0 aromatic heterocycles. The zero-order valence-electron chi connectivity index (χ0n) is 15.1. The van der Waals surface area contributed by atoms with Crippen molar-refractivity contribution in [1.82, 2.24) is 0 Å². The Bertz CT molecular complexity index is 257. The molecule has 0 aliphatic rings. The molecule has 8 heteroatoms. The minimum Gasteiger partial charge on any atom is -0.378 e. The maximum atomic E-state index is 5.47. The Morgan fingerprint density at radius 1 is 0.480 bits per heavy atom. The van der Waals surface area contributed by atoms with Gasteiger partial charge in [-0.25, -0.2) is 0 Å². The van der Waals surface area contributed by atoms with E-state index in [1.54, 1.807) is 6.08 Å². The third-order valence-electron chi connectivity index (χ3n) is 2.69. The molecular weight excluding hydrogens is 352 g/mol. The van der Waals surface area contributed by atoms with Crippen LogP contribution in [0.3, 0.4) is 0 Å². The van der Waals surface area contributed by atoms with Crippen molar-refractivity contribution in [3.63, 3.8) is 0 Å². The van der Waals surface area contributed by atoms with E-state index in [0.717, 1.165) is 0 Å². The van der Waals surface area contributed by atoms with Gasteiger partial charge in [0.15, 0.2) is 0 Å². The van der Waals surface area contributed by atoms with E-state index in [4.69, 9.17) is 44.8 Å². The smallest absolute Gasteiger partial charge is 0.0704 e. The highest BCUT2D eigenvalue weighted by molar-refractivity contribution is 6.17. The van der Waals surface area contributed by atoms with Crippen molar-refractivity contribution >= 4 is 11.6 Å². The molecule has 0 aromatic carbocycles. The molecule has 0 atom stereocenters. The fourth-order valence-corrected chi connectivity index (χ4v) is 1.65. The third-order valence-corrected chi connectivity index (χ3v) is 2.84. The molecule has 0 saturated heterocycles. The molecule has 0 amide bonds. The van der Waals surface area contributed by atoms with Crippen LogP contribution in [0, 0.1) is 0 Å². The van der Waals surface area contributed by atoms with Crippen LogP contribution in [-0.2, 0) is 33.2 Å². The van der Waals surface area contributed by atoms with E-state index < -0.39 is 0 Å². The Labute approximate surface area is 156 Å². The first-order valence-corrected chi connectivity index (χ1v) is 9.16. The molecular formula is C17H33ClO7. The second-order valence-electron chi connectivity index (χ2n) is 4.73. The lowest BCUT2D eigenvalue weighted by Gasteiger charge is -2.08. The number of ether oxygens (including phenoxy) is 7. The molecule has 150 valence electrons. The van der Waals surface area contributed by atoms with E-state index in [1.165, 1.54) is 0 Å². The lowest BCUT2D eigenvalue weighted by molar-refractivity contribution is -0.0193. The Morgan fingerprint density at radius 3 is 1.04 bits per heavy atom. The lowest BCUT2D eigenvalue weighted by Crippen LogP contribution is -2.14. The highest BCUT2D eigenvalue weighted by atomic mass is 35.5. The molecule has 25 heavy (non-hydrogen) atoms. The van der Waals surface area contributed by atoms with E-state index in [2.05, 4.69) is 6.58 Å². The SMILES string of the molecule is C=CCOCCOCCOCCOCCOCCOCCOCCCl. The van der Waals surface area contributed by atoms with Crippen LogP contribution in [0.15, 0.2) is 12.7 Å². The predicted molar refractivity (Wildman–Crippen MR) is 96.7 cm³/mol. The van der Waals surface area contributed by atoms with Crippen LogP contribution in [0.4, 0.5) is 0 Å². The highest BCUT2D eigenvalue weighted by Crippen LogP contribution is 1.85.